The molecule has 0 bridgehead atoms. The lowest BCUT2D eigenvalue weighted by molar-refractivity contribution is 0.0568. The Bertz CT molecular complexity index is 506. The number of phenols is 1. The summed E-state index contributed by atoms with van der Waals surface area (Å²) in [5, 5.41) is 9.70. The number of hydrogen-bond donors (Lipinski definition) is 1. The third kappa shape index (κ3) is 2.30. The number of carbonyl (C=O) groups excluding carboxylic acids is 1. The number of nitrogens with zero attached hydrogens (tertiary/aromatic N) is 2. The van der Waals surface area contributed by atoms with Crippen LogP contribution in [0.5, 0.6) is 5.75 Å². The minimum absolute atomic E-state index is 0.0615. The molecule has 102 valence electrons. The summed E-state index contributed by atoms with van der Waals surface area (Å²) in [5.41, 5.74) is 0.0615. The van der Waals surface area contributed by atoms with E-state index in [-0.39, 0.29) is 17.2 Å². The smallest absolute Gasteiger partial charge is 0.257 e. The quantitative estimate of drug-likeness (QED) is 0.835. The second-order valence-corrected chi connectivity index (χ2v) is 5.24. The van der Waals surface area contributed by atoms with Gasteiger partial charge in [-0.25, -0.2) is 4.39 Å². The molecule has 0 radical (unpaired) electrons. The monoisotopic (exact) mass is 264 g/mol. The van der Waals surface area contributed by atoms with Gasteiger partial charge in [-0.05, 0) is 37.6 Å². The fourth-order valence-electron chi connectivity index (χ4n) is 3.03. The molecule has 4 nitrogen and oxygen atoms in total. The van der Waals surface area contributed by atoms with E-state index in [4.69, 9.17) is 0 Å². The number of carbonyl (C=O) groups is 1. The molecule has 2 heterocycles. The van der Waals surface area contributed by atoms with E-state index >= 15 is 0 Å². The molecule has 1 N–H and O–H groups in total. The predicted molar refractivity (Wildman–Crippen MR) is 68.6 cm³/mol. The Morgan fingerprint density at radius 2 is 2.16 bits per heavy atom. The van der Waals surface area contributed by atoms with Gasteiger partial charge in [-0.3, -0.25) is 9.69 Å². The molecule has 0 aromatic heterocycles. The molecule has 0 aliphatic carbocycles. The number of halogens is 1. The summed E-state index contributed by atoms with van der Waals surface area (Å²) in [4.78, 5) is 16.5. The van der Waals surface area contributed by atoms with Crippen LogP contribution in [0.3, 0.4) is 0 Å². The van der Waals surface area contributed by atoms with Gasteiger partial charge in [0.05, 0.1) is 5.56 Å². The van der Waals surface area contributed by atoms with Crippen molar-refractivity contribution in [1.82, 2.24) is 9.80 Å². The topological polar surface area (TPSA) is 43.8 Å². The van der Waals surface area contributed by atoms with Crippen LogP contribution in [0.4, 0.5) is 4.39 Å². The standard InChI is InChI=1S/C14H17FN2O2/c15-10-3-4-13(18)12(8-10)14(19)17-7-6-16-5-1-2-11(16)9-17/h3-4,8,11,18H,1-2,5-7,9H2. The van der Waals surface area contributed by atoms with Crippen molar-refractivity contribution in [2.75, 3.05) is 26.2 Å². The van der Waals surface area contributed by atoms with Crippen molar-refractivity contribution in [3.8, 4) is 5.75 Å². The van der Waals surface area contributed by atoms with E-state index in [9.17, 15) is 14.3 Å². The van der Waals surface area contributed by atoms with Crippen molar-refractivity contribution < 1.29 is 14.3 Å². The molecule has 2 aliphatic heterocycles. The van der Waals surface area contributed by atoms with Crippen molar-refractivity contribution in [3.63, 3.8) is 0 Å². The normalized spacial score (nSPS) is 23.4. The highest BCUT2D eigenvalue weighted by molar-refractivity contribution is 5.96. The molecule has 3 rings (SSSR count). The zero-order chi connectivity index (χ0) is 13.4. The first-order valence-electron chi connectivity index (χ1n) is 6.67. The van der Waals surface area contributed by atoms with Gasteiger partial charge < -0.3 is 10.0 Å². The van der Waals surface area contributed by atoms with Crippen LogP contribution >= 0.6 is 0 Å². The summed E-state index contributed by atoms with van der Waals surface area (Å²) in [6.45, 7) is 3.30. The summed E-state index contributed by atoms with van der Waals surface area (Å²) in [6.07, 6.45) is 2.29. The number of phenolic OH excluding ortho intramolecular Hbond substituents is 1. The van der Waals surface area contributed by atoms with Crippen molar-refractivity contribution >= 4 is 5.91 Å². The number of hydrogen-bond acceptors (Lipinski definition) is 3. The van der Waals surface area contributed by atoms with E-state index in [2.05, 4.69) is 4.90 Å². The Morgan fingerprint density at radius 1 is 1.32 bits per heavy atom. The van der Waals surface area contributed by atoms with E-state index in [1.54, 1.807) is 4.90 Å². The Morgan fingerprint density at radius 3 is 3.00 bits per heavy atom. The summed E-state index contributed by atoms with van der Waals surface area (Å²) in [5.74, 6) is -0.926. The second kappa shape index (κ2) is 4.81. The maximum atomic E-state index is 13.2. The molecule has 0 saturated carbocycles. The third-order valence-corrected chi connectivity index (χ3v) is 4.06. The molecule has 1 aromatic rings. The highest BCUT2D eigenvalue weighted by Crippen LogP contribution is 2.25. The van der Waals surface area contributed by atoms with E-state index in [1.807, 2.05) is 0 Å². The van der Waals surface area contributed by atoms with Gasteiger partial charge in [-0.2, -0.15) is 0 Å². The first-order valence-corrected chi connectivity index (χ1v) is 6.67. The van der Waals surface area contributed by atoms with E-state index in [0.717, 1.165) is 31.6 Å². The van der Waals surface area contributed by atoms with Crippen LogP contribution in [-0.4, -0.2) is 53.0 Å². The van der Waals surface area contributed by atoms with Gasteiger partial charge in [0.15, 0.2) is 0 Å². The third-order valence-electron chi connectivity index (χ3n) is 4.06. The Labute approximate surface area is 111 Å². The molecule has 19 heavy (non-hydrogen) atoms. The van der Waals surface area contributed by atoms with Crippen LogP contribution in [0.1, 0.15) is 23.2 Å². The van der Waals surface area contributed by atoms with E-state index < -0.39 is 5.82 Å². The number of amides is 1. The molecule has 1 amide bonds. The molecule has 2 saturated heterocycles. The number of piperazine rings is 1. The fraction of sp³-hybridized carbons (Fsp3) is 0.500. The fourth-order valence-corrected chi connectivity index (χ4v) is 3.03. The summed E-state index contributed by atoms with van der Waals surface area (Å²) >= 11 is 0. The zero-order valence-corrected chi connectivity index (χ0v) is 10.7. The molecular weight excluding hydrogens is 247 g/mol. The van der Waals surface area contributed by atoms with Gasteiger partial charge in [0.2, 0.25) is 0 Å². The average molecular weight is 264 g/mol. The van der Waals surface area contributed by atoms with Crippen molar-refractivity contribution in [3.05, 3.63) is 29.6 Å². The molecule has 1 atom stereocenters. The second-order valence-electron chi connectivity index (χ2n) is 5.24. The van der Waals surface area contributed by atoms with Crippen LogP contribution in [0.15, 0.2) is 18.2 Å². The molecule has 0 spiro atoms. The van der Waals surface area contributed by atoms with Gasteiger partial charge in [0, 0.05) is 25.7 Å². The van der Waals surface area contributed by atoms with Crippen LogP contribution in [0.2, 0.25) is 0 Å². The molecule has 2 aliphatic rings. The summed E-state index contributed by atoms with van der Waals surface area (Å²) < 4.78 is 13.2. The van der Waals surface area contributed by atoms with Gasteiger partial charge >= 0.3 is 0 Å². The van der Waals surface area contributed by atoms with Crippen LogP contribution in [-0.2, 0) is 0 Å². The Hall–Kier alpha value is -1.62. The van der Waals surface area contributed by atoms with Crippen molar-refractivity contribution in [2.24, 2.45) is 0 Å². The largest absolute Gasteiger partial charge is 0.507 e. The SMILES string of the molecule is O=C(c1cc(F)ccc1O)N1CCN2CCCC2C1. The van der Waals surface area contributed by atoms with Gasteiger partial charge in [0.25, 0.3) is 5.91 Å². The zero-order valence-electron chi connectivity index (χ0n) is 10.7. The van der Waals surface area contributed by atoms with Crippen LogP contribution < -0.4 is 0 Å². The lowest BCUT2D eigenvalue weighted by atomic mass is 10.1. The molecule has 1 aromatic carbocycles. The minimum atomic E-state index is -0.499. The number of benzene rings is 1. The first-order chi connectivity index (χ1) is 9.15. The van der Waals surface area contributed by atoms with Gasteiger partial charge in [-0.15, -0.1) is 0 Å². The van der Waals surface area contributed by atoms with E-state index in [1.165, 1.54) is 12.5 Å². The van der Waals surface area contributed by atoms with Crippen LogP contribution in [0, 0.1) is 5.82 Å². The lowest BCUT2D eigenvalue weighted by Gasteiger charge is -2.37. The summed E-state index contributed by atoms with van der Waals surface area (Å²) in [6, 6.07) is 3.92. The number of rotatable bonds is 1. The highest BCUT2D eigenvalue weighted by atomic mass is 19.1. The molecule has 1 unspecified atom stereocenters. The first kappa shape index (κ1) is 12.4. The van der Waals surface area contributed by atoms with E-state index in [0.29, 0.717) is 19.1 Å². The predicted octanol–water partition coefficient (Wildman–Crippen LogP) is 1.45. The molecular formula is C14H17FN2O2. The van der Waals surface area contributed by atoms with Crippen LogP contribution in [0.25, 0.3) is 0 Å². The lowest BCUT2D eigenvalue weighted by Crippen LogP contribution is -2.52. The number of fused-ring (bicyclic) bond motifs is 1. The average Bonchev–Trinajstić information content (AvgIpc) is 2.88. The molecule has 2 fully saturated rings. The number of aromatic hydroxyl groups is 1. The highest BCUT2D eigenvalue weighted by Gasteiger charge is 2.33. The Kier molecular flexibility index (Phi) is 3.14. The maximum Gasteiger partial charge on any atom is 0.257 e. The van der Waals surface area contributed by atoms with Crippen molar-refractivity contribution in [2.45, 2.75) is 18.9 Å². The maximum absolute atomic E-state index is 13.2. The van der Waals surface area contributed by atoms with Gasteiger partial charge in [-0.1, -0.05) is 0 Å². The minimum Gasteiger partial charge on any atom is -0.507 e. The summed E-state index contributed by atoms with van der Waals surface area (Å²) in [7, 11) is 0. The van der Waals surface area contributed by atoms with Gasteiger partial charge in [0.1, 0.15) is 11.6 Å². The Balaban J connectivity index is 1.78. The van der Waals surface area contributed by atoms with Crippen molar-refractivity contribution in [1.29, 1.82) is 0 Å². The molecule has 5 heteroatoms.